The van der Waals surface area contributed by atoms with Crippen LogP contribution in [0.25, 0.3) is 0 Å². The van der Waals surface area contributed by atoms with E-state index in [9.17, 15) is 14.7 Å². The molecule has 0 unspecified atom stereocenters. The SMILES string of the molecule is C[C@@H]1[C@@H]([Si](C)(C)F)[C@H](CCO)O[C@@]12C(=O)N(Cc1ccccc1)c1ccc(N3CCCCCCC3=O)cc12. The van der Waals surface area contributed by atoms with Gasteiger partial charge in [0.1, 0.15) is 0 Å². The van der Waals surface area contributed by atoms with Crippen molar-refractivity contribution in [3.63, 3.8) is 0 Å². The number of anilines is 2. The summed E-state index contributed by atoms with van der Waals surface area (Å²) >= 11 is 0. The lowest BCUT2D eigenvalue weighted by Crippen LogP contribution is -2.45. The molecule has 2 aromatic carbocycles. The monoisotopic (exact) mass is 538 g/mol. The molecule has 3 heterocycles. The Morgan fingerprint density at radius 2 is 1.82 bits per heavy atom. The number of hydrogen-bond donors (Lipinski definition) is 1. The lowest BCUT2D eigenvalue weighted by Gasteiger charge is -2.32. The molecule has 2 amide bonds. The maximum atomic E-state index is 15.8. The van der Waals surface area contributed by atoms with Crippen molar-refractivity contribution in [3.8, 4) is 0 Å². The summed E-state index contributed by atoms with van der Waals surface area (Å²) in [6.07, 6.45) is 4.21. The van der Waals surface area contributed by atoms with Crippen molar-refractivity contribution < 1.29 is 23.5 Å². The lowest BCUT2D eigenvalue weighted by atomic mass is 9.82. The van der Waals surface area contributed by atoms with Crippen molar-refractivity contribution in [3.05, 3.63) is 59.7 Å². The van der Waals surface area contributed by atoms with Gasteiger partial charge in [-0.3, -0.25) is 9.59 Å². The first-order chi connectivity index (χ1) is 18.2. The van der Waals surface area contributed by atoms with Crippen molar-refractivity contribution >= 4 is 31.6 Å². The molecule has 1 spiro atoms. The molecule has 204 valence electrons. The van der Waals surface area contributed by atoms with Crippen LogP contribution in [-0.2, 0) is 26.5 Å². The molecular weight excluding hydrogens is 499 g/mol. The van der Waals surface area contributed by atoms with Crippen molar-refractivity contribution in [2.75, 3.05) is 23.0 Å². The molecule has 0 radical (unpaired) electrons. The Morgan fingerprint density at radius 1 is 1.08 bits per heavy atom. The first-order valence-corrected chi connectivity index (χ1v) is 16.9. The molecule has 6 nitrogen and oxygen atoms in total. The average Bonchev–Trinajstić information content (AvgIpc) is 3.29. The second-order valence-corrected chi connectivity index (χ2v) is 15.4. The number of carbonyl (C=O) groups is 2. The summed E-state index contributed by atoms with van der Waals surface area (Å²) in [5.41, 5.74) is 1.40. The summed E-state index contributed by atoms with van der Waals surface area (Å²) in [7, 11) is -3.27. The largest absolute Gasteiger partial charge is 0.396 e. The number of aliphatic hydroxyl groups excluding tert-OH is 1. The van der Waals surface area contributed by atoms with Gasteiger partial charge in [-0.25, -0.2) is 0 Å². The summed E-state index contributed by atoms with van der Waals surface area (Å²) in [5.74, 6) is -0.516. The van der Waals surface area contributed by atoms with E-state index in [0.29, 0.717) is 25.1 Å². The number of ether oxygens (including phenoxy) is 1. The molecule has 0 aliphatic carbocycles. The number of aliphatic hydroxyl groups is 1. The van der Waals surface area contributed by atoms with Gasteiger partial charge < -0.3 is 23.8 Å². The van der Waals surface area contributed by atoms with E-state index in [1.807, 2.05) is 60.4 Å². The second-order valence-electron chi connectivity index (χ2n) is 11.6. The van der Waals surface area contributed by atoms with Gasteiger partial charge in [-0.2, -0.15) is 0 Å². The maximum Gasteiger partial charge on any atom is 0.264 e. The molecule has 2 aromatic rings. The van der Waals surface area contributed by atoms with Crippen LogP contribution in [0.2, 0.25) is 18.6 Å². The number of nitrogens with zero attached hydrogens (tertiary/aromatic N) is 2. The van der Waals surface area contributed by atoms with E-state index < -0.39 is 31.6 Å². The third-order valence-electron chi connectivity index (χ3n) is 8.68. The summed E-state index contributed by atoms with van der Waals surface area (Å²) in [6, 6.07) is 15.6. The predicted molar refractivity (Wildman–Crippen MR) is 149 cm³/mol. The molecular formula is C30H39FN2O4Si. The molecule has 0 bridgehead atoms. The second kappa shape index (κ2) is 10.5. The van der Waals surface area contributed by atoms with Crippen LogP contribution in [0.3, 0.4) is 0 Å². The van der Waals surface area contributed by atoms with E-state index in [4.69, 9.17) is 4.74 Å². The van der Waals surface area contributed by atoms with Crippen LogP contribution in [0.4, 0.5) is 15.5 Å². The van der Waals surface area contributed by atoms with Crippen LogP contribution in [0.5, 0.6) is 0 Å². The summed E-state index contributed by atoms with van der Waals surface area (Å²) in [6.45, 7) is 6.14. The molecule has 3 aliphatic rings. The summed E-state index contributed by atoms with van der Waals surface area (Å²) in [5, 5.41) is 9.80. The number of fused-ring (bicyclic) bond motifs is 2. The van der Waals surface area contributed by atoms with Gasteiger partial charge in [-0.15, -0.1) is 0 Å². The third-order valence-corrected chi connectivity index (χ3v) is 11.1. The van der Waals surface area contributed by atoms with E-state index in [2.05, 4.69) is 0 Å². The minimum Gasteiger partial charge on any atom is -0.396 e. The number of hydrogen-bond acceptors (Lipinski definition) is 4. The van der Waals surface area contributed by atoms with Crippen LogP contribution < -0.4 is 9.80 Å². The Balaban J connectivity index is 1.63. The van der Waals surface area contributed by atoms with Gasteiger partial charge in [0.05, 0.1) is 18.3 Å². The Morgan fingerprint density at radius 3 is 2.53 bits per heavy atom. The van der Waals surface area contributed by atoms with Crippen LogP contribution in [0.1, 0.15) is 56.6 Å². The topological polar surface area (TPSA) is 70.1 Å². The van der Waals surface area contributed by atoms with Gasteiger partial charge in [-0.05, 0) is 56.1 Å². The van der Waals surface area contributed by atoms with Crippen LogP contribution in [-0.4, -0.2) is 44.6 Å². The molecule has 5 rings (SSSR count). The fourth-order valence-corrected chi connectivity index (χ4v) is 9.50. The maximum absolute atomic E-state index is 15.8. The minimum absolute atomic E-state index is 0.0953. The molecule has 0 saturated carbocycles. The third kappa shape index (κ3) is 4.60. The Labute approximate surface area is 226 Å². The molecule has 8 heteroatoms. The van der Waals surface area contributed by atoms with Crippen molar-refractivity contribution in [1.82, 2.24) is 0 Å². The zero-order valence-electron chi connectivity index (χ0n) is 22.7. The van der Waals surface area contributed by atoms with Crippen molar-refractivity contribution in [2.45, 2.75) is 82.3 Å². The fourth-order valence-electron chi connectivity index (χ4n) is 6.96. The molecule has 2 fully saturated rings. The van der Waals surface area contributed by atoms with Crippen LogP contribution >= 0.6 is 0 Å². The normalized spacial score (nSPS) is 28.1. The van der Waals surface area contributed by atoms with Crippen molar-refractivity contribution in [2.24, 2.45) is 5.92 Å². The molecule has 38 heavy (non-hydrogen) atoms. The Hall–Kier alpha value is -2.55. The quantitative estimate of drug-likeness (QED) is 0.379. The average molecular weight is 539 g/mol. The smallest absolute Gasteiger partial charge is 0.264 e. The van der Waals surface area contributed by atoms with Crippen LogP contribution in [0.15, 0.2) is 48.5 Å². The van der Waals surface area contributed by atoms with Crippen LogP contribution in [0, 0.1) is 5.92 Å². The van der Waals surface area contributed by atoms with Gasteiger partial charge in [0.15, 0.2) is 5.60 Å². The summed E-state index contributed by atoms with van der Waals surface area (Å²) in [4.78, 5) is 31.1. The van der Waals surface area contributed by atoms with E-state index in [1.54, 1.807) is 18.0 Å². The van der Waals surface area contributed by atoms with E-state index in [0.717, 1.165) is 42.6 Å². The van der Waals surface area contributed by atoms with Gasteiger partial charge >= 0.3 is 0 Å². The number of halogens is 1. The summed E-state index contributed by atoms with van der Waals surface area (Å²) < 4.78 is 22.5. The zero-order chi connectivity index (χ0) is 27.1. The Kier molecular flexibility index (Phi) is 7.50. The number of amides is 2. The highest BCUT2D eigenvalue weighted by atomic mass is 28.4. The van der Waals surface area contributed by atoms with E-state index >= 15 is 4.11 Å². The number of rotatable bonds is 6. The lowest BCUT2D eigenvalue weighted by molar-refractivity contribution is -0.146. The predicted octanol–water partition coefficient (Wildman–Crippen LogP) is 5.69. The zero-order valence-corrected chi connectivity index (χ0v) is 23.7. The minimum atomic E-state index is -3.27. The van der Waals surface area contributed by atoms with E-state index in [-0.39, 0.29) is 24.8 Å². The standard InChI is InChI=1S/C30H39FN2O4Si/c1-21-28(38(2,3)31)26(16-18-34)37-30(21)24-19-23(32-17-10-5-4-9-13-27(32)35)14-15-25(24)33(29(30)36)20-22-11-7-6-8-12-22/h6-8,11-12,14-15,19,21,26,28,34H,4-5,9-10,13,16-18,20H2,1-3H3/t21-,26+,28-,30+/m1/s1. The molecule has 2 saturated heterocycles. The van der Waals surface area contributed by atoms with Gasteiger partial charge in [-0.1, -0.05) is 50.1 Å². The first kappa shape index (κ1) is 27.0. The first-order valence-electron chi connectivity index (χ1n) is 14.0. The highest BCUT2D eigenvalue weighted by Gasteiger charge is 2.66. The molecule has 1 N–H and O–H groups in total. The molecule has 0 aromatic heterocycles. The Bertz CT molecular complexity index is 1190. The number of benzene rings is 2. The van der Waals surface area contributed by atoms with E-state index in [1.165, 1.54) is 0 Å². The number of carbonyl (C=O) groups excluding carboxylic acids is 2. The van der Waals surface area contributed by atoms with Gasteiger partial charge in [0.25, 0.3) is 5.91 Å². The van der Waals surface area contributed by atoms with Gasteiger partial charge in [0.2, 0.25) is 14.3 Å². The fraction of sp³-hybridized carbons (Fsp3) is 0.533. The van der Waals surface area contributed by atoms with Gasteiger partial charge in [0, 0.05) is 42.3 Å². The highest BCUT2D eigenvalue weighted by molar-refractivity contribution is 6.72. The van der Waals surface area contributed by atoms with Crippen molar-refractivity contribution in [1.29, 1.82) is 0 Å². The molecule has 4 atom stereocenters. The highest BCUT2D eigenvalue weighted by Crippen LogP contribution is 2.60. The molecule has 3 aliphatic heterocycles.